The number of carbonyl (C=O) groups is 2. The summed E-state index contributed by atoms with van der Waals surface area (Å²) in [5, 5.41) is 2.98. The zero-order valence-electron chi connectivity index (χ0n) is 15.6. The molecule has 2 fully saturated rings. The molecule has 27 heavy (non-hydrogen) atoms. The van der Waals surface area contributed by atoms with Crippen LogP contribution in [0, 0.1) is 5.92 Å². The Balaban J connectivity index is 1.41. The summed E-state index contributed by atoms with van der Waals surface area (Å²) in [6.45, 7) is 1.72. The van der Waals surface area contributed by atoms with Crippen LogP contribution in [0.15, 0.2) is 24.3 Å². The van der Waals surface area contributed by atoms with Crippen molar-refractivity contribution in [2.24, 2.45) is 5.92 Å². The predicted octanol–water partition coefficient (Wildman–Crippen LogP) is 3.78. The van der Waals surface area contributed by atoms with E-state index in [0.717, 1.165) is 36.3 Å². The first-order chi connectivity index (χ1) is 13.1. The topological polar surface area (TPSA) is 64.6 Å². The summed E-state index contributed by atoms with van der Waals surface area (Å²) in [6, 6.07) is 7.98. The number of hydrogen-bond donors (Lipinski definition) is 1. The van der Waals surface area contributed by atoms with Gasteiger partial charge in [0.25, 0.3) is 5.91 Å². The summed E-state index contributed by atoms with van der Waals surface area (Å²) in [5.74, 6) is 2.68. The van der Waals surface area contributed by atoms with Crippen LogP contribution in [0.5, 0.6) is 5.75 Å². The fourth-order valence-corrected chi connectivity index (χ4v) is 6.36. The van der Waals surface area contributed by atoms with Crippen LogP contribution in [0.4, 0.5) is 0 Å². The zero-order chi connectivity index (χ0) is 19.1. The summed E-state index contributed by atoms with van der Waals surface area (Å²) in [4.78, 5) is 24.0. The van der Waals surface area contributed by atoms with E-state index in [1.165, 1.54) is 6.42 Å². The van der Waals surface area contributed by atoms with E-state index in [0.29, 0.717) is 16.2 Å². The largest absolute Gasteiger partial charge is 0.482 e. The van der Waals surface area contributed by atoms with E-state index in [2.05, 4.69) is 12.2 Å². The third-order valence-corrected chi connectivity index (χ3v) is 8.03. The highest BCUT2D eigenvalue weighted by molar-refractivity contribution is 8.19. The van der Waals surface area contributed by atoms with Crippen LogP contribution in [0.3, 0.4) is 0 Å². The first kappa shape index (κ1) is 20.4. The van der Waals surface area contributed by atoms with Gasteiger partial charge in [-0.05, 0) is 24.8 Å². The third kappa shape index (κ3) is 6.07. The second-order valence-electron chi connectivity index (χ2n) is 7.00. The lowest BCUT2D eigenvalue weighted by molar-refractivity contribution is -0.150. The fraction of sp³-hybridized carbons (Fsp3) is 0.600. The molecule has 1 aliphatic carbocycles. The van der Waals surface area contributed by atoms with Crippen molar-refractivity contribution in [3.8, 4) is 5.75 Å². The molecule has 1 aliphatic heterocycles. The maximum atomic E-state index is 12.0. The molecular weight excluding hydrogens is 382 g/mol. The van der Waals surface area contributed by atoms with Crippen LogP contribution in [0.25, 0.3) is 0 Å². The van der Waals surface area contributed by atoms with Crippen LogP contribution in [0.2, 0.25) is 0 Å². The monoisotopic (exact) mass is 409 g/mol. The van der Waals surface area contributed by atoms with Crippen LogP contribution in [0.1, 0.15) is 42.8 Å². The molecule has 0 spiro atoms. The summed E-state index contributed by atoms with van der Waals surface area (Å²) in [5.41, 5.74) is 1.10. The Morgan fingerprint density at radius 1 is 1.11 bits per heavy atom. The standard InChI is InChI=1S/C20H27NO4S2/c1-14-6-2-4-8-16(14)21-18(22)12-25-19(23)13-24-17-9-5-3-7-15(17)20-26-10-11-27-20/h3,5,7,9,14,16,20H,2,4,6,8,10-13H2,1H3,(H,21,22)/t14-,16+/m0/s1. The number of amides is 1. The van der Waals surface area contributed by atoms with Crippen molar-refractivity contribution in [1.29, 1.82) is 0 Å². The maximum Gasteiger partial charge on any atom is 0.344 e. The highest BCUT2D eigenvalue weighted by Gasteiger charge is 2.24. The number of rotatable bonds is 7. The van der Waals surface area contributed by atoms with Gasteiger partial charge in [-0.25, -0.2) is 4.79 Å². The number of para-hydroxylation sites is 1. The van der Waals surface area contributed by atoms with Crippen molar-refractivity contribution in [3.63, 3.8) is 0 Å². The highest BCUT2D eigenvalue weighted by Crippen LogP contribution is 2.48. The number of nitrogens with one attached hydrogen (secondary N) is 1. The van der Waals surface area contributed by atoms with Gasteiger partial charge in [-0.1, -0.05) is 38.0 Å². The molecule has 7 heteroatoms. The summed E-state index contributed by atoms with van der Waals surface area (Å²) in [7, 11) is 0. The van der Waals surface area contributed by atoms with Gasteiger partial charge >= 0.3 is 5.97 Å². The molecule has 1 aromatic rings. The zero-order valence-corrected chi connectivity index (χ0v) is 17.3. The van der Waals surface area contributed by atoms with Gasteiger partial charge < -0.3 is 14.8 Å². The SMILES string of the molecule is C[C@H]1CCCC[C@H]1NC(=O)COC(=O)COc1ccccc1C1SCCS1. The fourth-order valence-electron chi connectivity index (χ4n) is 3.45. The second-order valence-corrected chi connectivity index (χ2v) is 9.72. The molecule has 148 valence electrons. The molecule has 1 amide bonds. The molecule has 2 atom stereocenters. The molecule has 1 saturated heterocycles. The number of carbonyl (C=O) groups excluding carboxylic acids is 2. The Bertz CT molecular complexity index is 649. The number of thioether (sulfide) groups is 2. The van der Waals surface area contributed by atoms with Crippen LogP contribution >= 0.6 is 23.5 Å². The molecule has 1 heterocycles. The minimum atomic E-state index is -0.525. The molecular formula is C20H27NO4S2. The van der Waals surface area contributed by atoms with Gasteiger partial charge in [-0.15, -0.1) is 23.5 Å². The van der Waals surface area contributed by atoms with Gasteiger partial charge in [0.1, 0.15) is 5.75 Å². The molecule has 0 bridgehead atoms. The van der Waals surface area contributed by atoms with Gasteiger partial charge in [0.2, 0.25) is 0 Å². The minimum absolute atomic E-state index is 0.188. The second kappa shape index (κ2) is 10.3. The van der Waals surface area contributed by atoms with Crippen molar-refractivity contribution < 1.29 is 19.1 Å². The lowest BCUT2D eigenvalue weighted by Gasteiger charge is -2.29. The molecule has 1 saturated carbocycles. The molecule has 1 N–H and O–H groups in total. The molecule has 5 nitrogen and oxygen atoms in total. The van der Waals surface area contributed by atoms with Crippen molar-refractivity contribution in [1.82, 2.24) is 5.32 Å². The smallest absolute Gasteiger partial charge is 0.344 e. The van der Waals surface area contributed by atoms with E-state index in [9.17, 15) is 9.59 Å². The van der Waals surface area contributed by atoms with Crippen LogP contribution < -0.4 is 10.1 Å². The van der Waals surface area contributed by atoms with Gasteiger partial charge in [0.15, 0.2) is 13.2 Å². The van der Waals surface area contributed by atoms with Gasteiger partial charge in [-0.2, -0.15) is 0 Å². The number of esters is 1. The average molecular weight is 410 g/mol. The average Bonchev–Trinajstić information content (AvgIpc) is 3.21. The van der Waals surface area contributed by atoms with Crippen molar-refractivity contribution in [2.45, 2.75) is 43.2 Å². The van der Waals surface area contributed by atoms with Crippen LogP contribution in [-0.2, 0) is 14.3 Å². The normalized spacial score (nSPS) is 23.0. The van der Waals surface area contributed by atoms with Gasteiger partial charge in [-0.3, -0.25) is 4.79 Å². The quantitative estimate of drug-likeness (QED) is 0.692. The maximum absolute atomic E-state index is 12.0. The first-order valence-electron chi connectivity index (χ1n) is 9.53. The first-order valence-corrected chi connectivity index (χ1v) is 11.6. The van der Waals surface area contributed by atoms with Crippen molar-refractivity contribution in [2.75, 3.05) is 24.7 Å². The molecule has 1 aromatic carbocycles. The van der Waals surface area contributed by atoms with Crippen molar-refractivity contribution >= 4 is 35.4 Å². The highest BCUT2D eigenvalue weighted by atomic mass is 32.2. The third-order valence-electron chi connectivity index (χ3n) is 4.96. The Hall–Kier alpha value is -1.34. The van der Waals surface area contributed by atoms with E-state index in [4.69, 9.17) is 9.47 Å². The molecule has 2 aliphatic rings. The Labute approximate surface area is 169 Å². The number of hydrogen-bond acceptors (Lipinski definition) is 6. The van der Waals surface area contributed by atoms with E-state index >= 15 is 0 Å². The van der Waals surface area contributed by atoms with E-state index in [-0.39, 0.29) is 25.2 Å². The van der Waals surface area contributed by atoms with Gasteiger partial charge in [0.05, 0.1) is 4.58 Å². The Morgan fingerprint density at radius 2 is 1.85 bits per heavy atom. The Kier molecular flexibility index (Phi) is 7.76. The van der Waals surface area contributed by atoms with E-state index in [1.54, 1.807) is 0 Å². The van der Waals surface area contributed by atoms with Crippen molar-refractivity contribution in [3.05, 3.63) is 29.8 Å². The molecule has 0 radical (unpaired) electrons. The van der Waals surface area contributed by atoms with E-state index < -0.39 is 5.97 Å². The number of ether oxygens (including phenoxy) is 2. The molecule has 0 aromatic heterocycles. The Morgan fingerprint density at radius 3 is 2.63 bits per heavy atom. The summed E-state index contributed by atoms with van der Waals surface area (Å²) < 4.78 is 11.1. The predicted molar refractivity (Wildman–Crippen MR) is 110 cm³/mol. The molecule has 0 unspecified atom stereocenters. The van der Waals surface area contributed by atoms with Gasteiger partial charge in [0, 0.05) is 23.1 Å². The van der Waals surface area contributed by atoms with E-state index in [1.807, 2.05) is 47.8 Å². The summed E-state index contributed by atoms with van der Waals surface area (Å²) >= 11 is 3.78. The lowest BCUT2D eigenvalue weighted by atomic mass is 9.86. The number of benzene rings is 1. The summed E-state index contributed by atoms with van der Waals surface area (Å²) in [6.07, 6.45) is 4.49. The minimum Gasteiger partial charge on any atom is -0.482 e. The van der Waals surface area contributed by atoms with Crippen LogP contribution in [-0.4, -0.2) is 42.6 Å². The molecule has 3 rings (SSSR count). The lowest BCUT2D eigenvalue weighted by Crippen LogP contribution is -2.43.